The predicted octanol–water partition coefficient (Wildman–Crippen LogP) is 1.48. The summed E-state index contributed by atoms with van der Waals surface area (Å²) in [6.07, 6.45) is 0. The van der Waals surface area contributed by atoms with Gasteiger partial charge in [-0.3, -0.25) is 18.4 Å². The molecule has 0 bridgehead atoms. The first-order valence-corrected chi connectivity index (χ1v) is 7.51. The number of nitrogens with one attached hydrogen (secondary N) is 1. The zero-order valence-electron chi connectivity index (χ0n) is 11.8. The van der Waals surface area contributed by atoms with Crippen LogP contribution in [0, 0.1) is 0 Å². The van der Waals surface area contributed by atoms with Crippen molar-refractivity contribution in [2.75, 3.05) is 19.8 Å². The fraction of sp³-hybridized carbons (Fsp3) is 0.429. The molecular weight excluding hydrogens is 274 g/mol. The third-order valence-corrected chi connectivity index (χ3v) is 4.30. The summed E-state index contributed by atoms with van der Waals surface area (Å²) in [5.41, 5.74) is -0.0939. The van der Waals surface area contributed by atoms with Crippen LogP contribution in [-0.4, -0.2) is 34.5 Å². The van der Waals surface area contributed by atoms with Crippen LogP contribution in [0.5, 0.6) is 0 Å². The number of nitrogens with zero attached hydrogens (tertiary/aromatic N) is 2. The Morgan fingerprint density at radius 1 is 1.30 bits per heavy atom. The van der Waals surface area contributed by atoms with E-state index in [4.69, 9.17) is 0 Å². The lowest BCUT2D eigenvalue weighted by molar-refractivity contribution is -0.122. The van der Waals surface area contributed by atoms with Crippen LogP contribution in [0.4, 0.5) is 0 Å². The van der Waals surface area contributed by atoms with E-state index in [1.54, 1.807) is 6.07 Å². The smallest absolute Gasteiger partial charge is 0.268 e. The highest BCUT2D eigenvalue weighted by Crippen LogP contribution is 2.15. The van der Waals surface area contributed by atoms with Crippen LogP contribution in [0.25, 0.3) is 10.1 Å². The fourth-order valence-electron chi connectivity index (χ4n) is 1.96. The number of carbonyl (C=O) groups is 1. The first-order valence-electron chi connectivity index (χ1n) is 6.73. The molecule has 0 fully saturated rings. The SMILES string of the molecule is CCN(CC)CNC(=O)Cn1sc2ccccc2c1=O. The Hall–Kier alpha value is -1.66. The Morgan fingerprint density at radius 2 is 2.00 bits per heavy atom. The second-order valence-electron chi connectivity index (χ2n) is 4.49. The maximum atomic E-state index is 12.1. The van der Waals surface area contributed by atoms with Gasteiger partial charge in [0.2, 0.25) is 5.91 Å². The van der Waals surface area contributed by atoms with Crippen molar-refractivity contribution in [1.82, 2.24) is 14.2 Å². The monoisotopic (exact) mass is 293 g/mol. The van der Waals surface area contributed by atoms with Gasteiger partial charge in [-0.2, -0.15) is 0 Å². The highest BCUT2D eigenvalue weighted by atomic mass is 32.1. The van der Waals surface area contributed by atoms with Gasteiger partial charge in [0.15, 0.2) is 0 Å². The van der Waals surface area contributed by atoms with Crippen LogP contribution >= 0.6 is 11.5 Å². The van der Waals surface area contributed by atoms with Crippen LogP contribution in [0.3, 0.4) is 0 Å². The number of carbonyl (C=O) groups excluding carboxylic acids is 1. The molecule has 0 aliphatic rings. The standard InChI is InChI=1S/C14H19N3O2S/c1-3-16(4-2)10-15-13(18)9-17-14(19)11-7-5-6-8-12(11)20-17/h5-8H,3-4,9-10H2,1-2H3,(H,15,18). The Kier molecular flexibility index (Phi) is 4.92. The zero-order valence-corrected chi connectivity index (χ0v) is 12.6. The summed E-state index contributed by atoms with van der Waals surface area (Å²) in [6.45, 7) is 6.47. The molecule has 1 N–H and O–H groups in total. The molecule has 2 rings (SSSR count). The first kappa shape index (κ1) is 14.7. The predicted molar refractivity (Wildman–Crippen MR) is 82.0 cm³/mol. The molecule has 108 valence electrons. The van der Waals surface area contributed by atoms with E-state index in [-0.39, 0.29) is 18.0 Å². The summed E-state index contributed by atoms with van der Waals surface area (Å²) in [5.74, 6) is -0.134. The minimum absolute atomic E-state index is 0.0828. The molecule has 0 atom stereocenters. The topological polar surface area (TPSA) is 54.3 Å². The Morgan fingerprint density at radius 3 is 2.65 bits per heavy atom. The van der Waals surface area contributed by atoms with Crippen LogP contribution < -0.4 is 10.9 Å². The van der Waals surface area contributed by atoms with Crippen molar-refractivity contribution in [1.29, 1.82) is 0 Å². The molecule has 1 amide bonds. The van der Waals surface area contributed by atoms with E-state index < -0.39 is 0 Å². The number of hydrogen-bond donors (Lipinski definition) is 1. The summed E-state index contributed by atoms with van der Waals surface area (Å²) < 4.78 is 2.41. The molecule has 0 aliphatic carbocycles. The Balaban J connectivity index is 2.03. The third kappa shape index (κ3) is 3.26. The van der Waals surface area contributed by atoms with E-state index >= 15 is 0 Å². The van der Waals surface area contributed by atoms with Crippen molar-refractivity contribution < 1.29 is 4.79 Å². The second kappa shape index (κ2) is 6.67. The van der Waals surface area contributed by atoms with Crippen molar-refractivity contribution >= 4 is 27.5 Å². The molecule has 1 heterocycles. The van der Waals surface area contributed by atoms with Crippen molar-refractivity contribution in [3.8, 4) is 0 Å². The van der Waals surface area contributed by atoms with Crippen molar-refractivity contribution in [2.45, 2.75) is 20.4 Å². The highest BCUT2D eigenvalue weighted by Gasteiger charge is 2.10. The third-order valence-electron chi connectivity index (χ3n) is 3.23. The van der Waals surface area contributed by atoms with Crippen molar-refractivity contribution in [2.24, 2.45) is 0 Å². The number of amides is 1. The van der Waals surface area contributed by atoms with Gasteiger partial charge in [0.25, 0.3) is 5.56 Å². The first-order chi connectivity index (χ1) is 9.65. The van der Waals surface area contributed by atoms with Gasteiger partial charge in [-0.05, 0) is 25.2 Å². The number of aromatic nitrogens is 1. The summed E-state index contributed by atoms with van der Waals surface area (Å²) in [7, 11) is 0. The average Bonchev–Trinajstić information content (AvgIpc) is 2.77. The minimum atomic E-state index is -0.134. The molecule has 1 aromatic carbocycles. The lowest BCUT2D eigenvalue weighted by Gasteiger charge is -2.18. The minimum Gasteiger partial charge on any atom is -0.342 e. The largest absolute Gasteiger partial charge is 0.342 e. The highest BCUT2D eigenvalue weighted by molar-refractivity contribution is 7.13. The van der Waals surface area contributed by atoms with Crippen LogP contribution in [0.15, 0.2) is 29.1 Å². The van der Waals surface area contributed by atoms with Crippen molar-refractivity contribution in [3.63, 3.8) is 0 Å². The molecular formula is C14H19N3O2S. The fourth-order valence-corrected chi connectivity index (χ4v) is 2.95. The van der Waals surface area contributed by atoms with Crippen LogP contribution in [-0.2, 0) is 11.3 Å². The van der Waals surface area contributed by atoms with E-state index in [2.05, 4.69) is 10.2 Å². The molecule has 20 heavy (non-hydrogen) atoms. The molecule has 0 unspecified atom stereocenters. The molecule has 0 spiro atoms. The van der Waals surface area contributed by atoms with E-state index in [0.717, 1.165) is 17.8 Å². The number of benzene rings is 1. The maximum Gasteiger partial charge on any atom is 0.268 e. The van der Waals surface area contributed by atoms with E-state index in [0.29, 0.717) is 12.1 Å². The normalized spacial score (nSPS) is 11.2. The van der Waals surface area contributed by atoms with Gasteiger partial charge in [0.1, 0.15) is 6.54 Å². The summed E-state index contributed by atoms with van der Waals surface area (Å²) >= 11 is 1.33. The summed E-state index contributed by atoms with van der Waals surface area (Å²) in [6, 6.07) is 7.41. The van der Waals surface area contributed by atoms with Crippen molar-refractivity contribution in [3.05, 3.63) is 34.6 Å². The van der Waals surface area contributed by atoms with E-state index in [1.165, 1.54) is 15.5 Å². The molecule has 5 nitrogen and oxygen atoms in total. The van der Waals surface area contributed by atoms with Gasteiger partial charge in [-0.1, -0.05) is 37.5 Å². The van der Waals surface area contributed by atoms with Gasteiger partial charge in [0, 0.05) is 0 Å². The molecule has 0 saturated carbocycles. The maximum absolute atomic E-state index is 12.1. The van der Waals surface area contributed by atoms with Gasteiger partial charge < -0.3 is 5.32 Å². The summed E-state index contributed by atoms with van der Waals surface area (Å²) in [5, 5.41) is 3.51. The number of hydrogen-bond acceptors (Lipinski definition) is 4. The molecule has 2 aromatic rings. The molecule has 0 radical (unpaired) electrons. The Labute approximate surface area is 122 Å². The van der Waals surface area contributed by atoms with Gasteiger partial charge in [-0.15, -0.1) is 0 Å². The number of fused-ring (bicyclic) bond motifs is 1. The van der Waals surface area contributed by atoms with Crippen LogP contribution in [0.1, 0.15) is 13.8 Å². The molecule has 6 heteroatoms. The van der Waals surface area contributed by atoms with Gasteiger partial charge >= 0.3 is 0 Å². The summed E-state index contributed by atoms with van der Waals surface area (Å²) in [4.78, 5) is 26.1. The second-order valence-corrected chi connectivity index (χ2v) is 5.55. The number of rotatable bonds is 6. The van der Waals surface area contributed by atoms with E-state index in [9.17, 15) is 9.59 Å². The molecule has 1 aromatic heterocycles. The quantitative estimate of drug-likeness (QED) is 0.821. The molecule has 0 saturated heterocycles. The van der Waals surface area contributed by atoms with Crippen LogP contribution in [0.2, 0.25) is 0 Å². The van der Waals surface area contributed by atoms with Gasteiger partial charge in [-0.25, -0.2) is 0 Å². The lowest BCUT2D eigenvalue weighted by atomic mass is 10.3. The van der Waals surface area contributed by atoms with E-state index in [1.807, 2.05) is 32.0 Å². The Bertz CT molecular complexity index is 643. The van der Waals surface area contributed by atoms with Gasteiger partial charge in [0.05, 0.1) is 16.8 Å². The molecule has 0 aliphatic heterocycles. The average molecular weight is 293 g/mol. The lowest BCUT2D eigenvalue weighted by Crippen LogP contribution is -2.39. The zero-order chi connectivity index (χ0) is 14.5.